The van der Waals surface area contributed by atoms with Gasteiger partial charge in [-0.05, 0) is 12.1 Å². The average Bonchev–Trinajstić information content (AvgIpc) is 2.61. The van der Waals surface area contributed by atoms with Crippen LogP contribution in [0.25, 0.3) is 0 Å². The van der Waals surface area contributed by atoms with E-state index in [1.807, 2.05) is 18.2 Å². The van der Waals surface area contributed by atoms with E-state index in [-0.39, 0.29) is 0 Å². The Kier molecular flexibility index (Phi) is 5.00. The highest BCUT2D eigenvalue weighted by Crippen LogP contribution is 2.28. The molecule has 7 heteroatoms. The van der Waals surface area contributed by atoms with Crippen LogP contribution >= 0.6 is 0 Å². The molecular weight excluding hydrogens is 292 g/mol. The monoisotopic (exact) mass is 312 g/mol. The van der Waals surface area contributed by atoms with Gasteiger partial charge in [-0.3, -0.25) is 0 Å². The maximum atomic E-state index is 5.42. The predicted octanol–water partition coefficient (Wildman–Crippen LogP) is 2.05. The lowest BCUT2D eigenvalue weighted by molar-refractivity contribution is 0.123. The number of benzene rings is 1. The summed E-state index contributed by atoms with van der Waals surface area (Å²) in [6, 6.07) is 8.16. The summed E-state index contributed by atoms with van der Waals surface area (Å²) in [6.07, 6.45) is 3.35. The highest BCUT2D eigenvalue weighted by Gasteiger charge is 2.14. The van der Waals surface area contributed by atoms with E-state index < -0.39 is 0 Å². The van der Waals surface area contributed by atoms with Crippen LogP contribution in [-0.4, -0.2) is 48.0 Å². The quantitative estimate of drug-likeness (QED) is 0.791. The number of morpholine rings is 1. The Bertz CT molecular complexity index is 657. The van der Waals surface area contributed by atoms with Crippen molar-refractivity contribution in [2.45, 2.75) is 0 Å². The molecule has 120 valence electrons. The van der Waals surface area contributed by atoms with Crippen LogP contribution in [-0.2, 0) is 4.74 Å². The molecule has 2 heterocycles. The van der Waals surface area contributed by atoms with Gasteiger partial charge in [0.2, 0.25) is 5.95 Å². The van der Waals surface area contributed by atoms with Gasteiger partial charge in [0, 0.05) is 19.6 Å². The summed E-state index contributed by atoms with van der Waals surface area (Å²) < 4.78 is 5.42. The Balaban J connectivity index is 1.78. The number of nitrogens with one attached hydrogen (secondary N) is 2. The molecular formula is C16H20N6O. The zero-order valence-electron chi connectivity index (χ0n) is 12.9. The first-order valence-electron chi connectivity index (χ1n) is 7.60. The summed E-state index contributed by atoms with van der Waals surface area (Å²) in [5, 5.41) is 14.3. The van der Waals surface area contributed by atoms with Crippen molar-refractivity contribution >= 4 is 23.1 Å². The lowest BCUT2D eigenvalue weighted by Gasteiger charge is -2.30. The summed E-state index contributed by atoms with van der Waals surface area (Å²) in [5.41, 5.74) is 2.12. The number of ether oxygens (including phenoxy) is 1. The molecule has 0 atom stereocenters. The fourth-order valence-electron chi connectivity index (χ4n) is 2.40. The van der Waals surface area contributed by atoms with Crippen molar-refractivity contribution in [3.63, 3.8) is 0 Å². The molecule has 0 aliphatic carbocycles. The van der Waals surface area contributed by atoms with E-state index in [1.165, 1.54) is 0 Å². The van der Waals surface area contributed by atoms with Crippen LogP contribution in [0.15, 0.2) is 43.1 Å². The minimum Gasteiger partial charge on any atom is -0.378 e. The van der Waals surface area contributed by atoms with E-state index in [1.54, 1.807) is 12.3 Å². The minimum absolute atomic E-state index is 0.471. The Morgan fingerprint density at radius 2 is 2.09 bits per heavy atom. The minimum atomic E-state index is 0.471. The van der Waals surface area contributed by atoms with Gasteiger partial charge in [-0.1, -0.05) is 18.2 Å². The van der Waals surface area contributed by atoms with Gasteiger partial charge in [0.15, 0.2) is 5.82 Å². The van der Waals surface area contributed by atoms with Crippen molar-refractivity contribution in [3.05, 3.63) is 43.1 Å². The second kappa shape index (κ2) is 7.55. The summed E-state index contributed by atoms with van der Waals surface area (Å²) in [7, 11) is 0. The van der Waals surface area contributed by atoms with Crippen LogP contribution in [0.2, 0.25) is 0 Å². The molecule has 2 aromatic rings. The highest BCUT2D eigenvalue weighted by molar-refractivity contribution is 5.74. The number of aromatic nitrogens is 3. The Labute approximate surface area is 135 Å². The number of nitrogens with zero attached hydrogens (tertiary/aromatic N) is 4. The maximum absolute atomic E-state index is 5.42. The van der Waals surface area contributed by atoms with Crippen LogP contribution in [0.5, 0.6) is 0 Å². The van der Waals surface area contributed by atoms with E-state index in [2.05, 4.69) is 43.4 Å². The summed E-state index contributed by atoms with van der Waals surface area (Å²) >= 11 is 0. The van der Waals surface area contributed by atoms with Gasteiger partial charge >= 0.3 is 0 Å². The molecule has 1 aliphatic rings. The smallest absolute Gasteiger partial charge is 0.244 e. The van der Waals surface area contributed by atoms with Gasteiger partial charge in [0.05, 0.1) is 30.8 Å². The molecule has 0 bridgehead atoms. The molecule has 0 radical (unpaired) electrons. The van der Waals surface area contributed by atoms with Gasteiger partial charge in [0.1, 0.15) is 0 Å². The first-order chi connectivity index (χ1) is 11.4. The van der Waals surface area contributed by atoms with Gasteiger partial charge in [-0.25, -0.2) is 0 Å². The zero-order valence-corrected chi connectivity index (χ0v) is 12.9. The van der Waals surface area contributed by atoms with E-state index in [0.29, 0.717) is 18.3 Å². The van der Waals surface area contributed by atoms with Crippen molar-refractivity contribution in [2.24, 2.45) is 0 Å². The number of anilines is 4. The van der Waals surface area contributed by atoms with Gasteiger partial charge in [-0.2, -0.15) is 10.1 Å². The second-order valence-electron chi connectivity index (χ2n) is 5.08. The summed E-state index contributed by atoms with van der Waals surface area (Å²) in [6.45, 7) is 7.51. The summed E-state index contributed by atoms with van der Waals surface area (Å²) in [4.78, 5) is 6.71. The van der Waals surface area contributed by atoms with Crippen LogP contribution in [0.3, 0.4) is 0 Å². The Morgan fingerprint density at radius 3 is 2.91 bits per heavy atom. The molecule has 0 amide bonds. The standard InChI is InChI=1S/C16H20N6O/c1-2-7-17-16-20-15(12-18-21-16)19-13-5-3-4-6-14(13)22-8-10-23-11-9-22/h2-6,12H,1,7-11H2,(H2,17,19,20,21). The molecule has 3 rings (SSSR count). The molecule has 0 saturated carbocycles. The second-order valence-corrected chi connectivity index (χ2v) is 5.08. The average molecular weight is 312 g/mol. The van der Waals surface area contributed by atoms with Crippen molar-refractivity contribution in [1.29, 1.82) is 0 Å². The van der Waals surface area contributed by atoms with E-state index in [9.17, 15) is 0 Å². The third-order valence-corrected chi connectivity index (χ3v) is 3.48. The number of hydrogen-bond acceptors (Lipinski definition) is 7. The van der Waals surface area contributed by atoms with Crippen LogP contribution < -0.4 is 15.5 Å². The SMILES string of the molecule is C=CCNc1nncc(Nc2ccccc2N2CCOCC2)n1. The number of para-hydroxylation sites is 2. The molecule has 0 spiro atoms. The maximum Gasteiger partial charge on any atom is 0.244 e. The molecule has 1 saturated heterocycles. The normalized spacial score (nSPS) is 14.3. The predicted molar refractivity (Wildman–Crippen MR) is 91.3 cm³/mol. The first kappa shape index (κ1) is 15.2. The van der Waals surface area contributed by atoms with Gasteiger partial charge < -0.3 is 20.3 Å². The molecule has 1 aromatic heterocycles. The van der Waals surface area contributed by atoms with Gasteiger partial charge in [0.25, 0.3) is 0 Å². The number of hydrogen-bond donors (Lipinski definition) is 2. The molecule has 2 N–H and O–H groups in total. The first-order valence-corrected chi connectivity index (χ1v) is 7.60. The largest absolute Gasteiger partial charge is 0.378 e. The van der Waals surface area contributed by atoms with Crippen molar-refractivity contribution in [2.75, 3.05) is 48.4 Å². The molecule has 23 heavy (non-hydrogen) atoms. The molecule has 1 aromatic carbocycles. The summed E-state index contributed by atoms with van der Waals surface area (Å²) in [5.74, 6) is 1.12. The van der Waals surface area contributed by atoms with Crippen molar-refractivity contribution < 1.29 is 4.74 Å². The Morgan fingerprint density at radius 1 is 1.26 bits per heavy atom. The third kappa shape index (κ3) is 3.95. The van der Waals surface area contributed by atoms with Crippen LogP contribution in [0, 0.1) is 0 Å². The van der Waals surface area contributed by atoms with Crippen molar-refractivity contribution in [1.82, 2.24) is 15.2 Å². The highest BCUT2D eigenvalue weighted by atomic mass is 16.5. The van der Waals surface area contributed by atoms with Crippen LogP contribution in [0.4, 0.5) is 23.1 Å². The lowest BCUT2D eigenvalue weighted by atomic mass is 10.2. The fourth-order valence-corrected chi connectivity index (χ4v) is 2.40. The molecule has 0 unspecified atom stereocenters. The topological polar surface area (TPSA) is 75.2 Å². The molecule has 1 aliphatic heterocycles. The van der Waals surface area contributed by atoms with Crippen molar-refractivity contribution in [3.8, 4) is 0 Å². The fraction of sp³-hybridized carbons (Fsp3) is 0.312. The molecule has 7 nitrogen and oxygen atoms in total. The number of rotatable bonds is 6. The van der Waals surface area contributed by atoms with Gasteiger partial charge in [-0.15, -0.1) is 11.7 Å². The zero-order chi connectivity index (χ0) is 15.9. The third-order valence-electron chi connectivity index (χ3n) is 3.48. The molecule has 1 fully saturated rings. The van der Waals surface area contributed by atoms with E-state index in [4.69, 9.17) is 4.74 Å². The van der Waals surface area contributed by atoms with E-state index in [0.717, 1.165) is 37.7 Å². The van der Waals surface area contributed by atoms with Crippen LogP contribution in [0.1, 0.15) is 0 Å². The lowest BCUT2D eigenvalue weighted by Crippen LogP contribution is -2.36. The van der Waals surface area contributed by atoms with E-state index >= 15 is 0 Å². The Hall–Kier alpha value is -2.67.